The Morgan fingerprint density at radius 2 is 1.92 bits per heavy atom. The Morgan fingerprint density at radius 1 is 1.23 bits per heavy atom. The third kappa shape index (κ3) is 4.16. The molecule has 0 amide bonds. The zero-order chi connectivity index (χ0) is 19.1. The smallest absolute Gasteiger partial charge is 0.355 e. The van der Waals surface area contributed by atoms with Gasteiger partial charge in [0.2, 0.25) is 0 Å². The first kappa shape index (κ1) is 18.7. The van der Waals surface area contributed by atoms with E-state index in [1.165, 1.54) is 24.4 Å². The topological polar surface area (TPSA) is 70.5 Å². The highest BCUT2D eigenvalue weighted by Gasteiger charge is 2.33. The minimum atomic E-state index is -4.32. The molecule has 0 unspecified atom stereocenters. The van der Waals surface area contributed by atoms with Crippen molar-refractivity contribution in [2.24, 2.45) is 0 Å². The zero-order valence-corrected chi connectivity index (χ0v) is 14.7. The average molecular weight is 386 g/mol. The second-order valence-electron chi connectivity index (χ2n) is 6.43. The van der Waals surface area contributed by atoms with Crippen molar-refractivity contribution in [1.29, 1.82) is 0 Å². The number of aromatic nitrogens is 1. The maximum atomic E-state index is 12.4. The fourth-order valence-electron chi connectivity index (χ4n) is 3.02. The number of alkyl halides is 3. The number of pyridine rings is 1. The molecule has 1 aliphatic rings. The van der Waals surface area contributed by atoms with Gasteiger partial charge in [-0.05, 0) is 30.2 Å². The summed E-state index contributed by atoms with van der Waals surface area (Å²) in [4.78, 5) is 5.80. The number of anilines is 1. The molecule has 1 N–H and O–H groups in total. The van der Waals surface area contributed by atoms with Crippen molar-refractivity contribution in [2.75, 3.05) is 18.0 Å². The Labute approximate surface area is 149 Å². The van der Waals surface area contributed by atoms with E-state index in [1.54, 1.807) is 12.1 Å². The summed E-state index contributed by atoms with van der Waals surface area (Å²) in [6.45, 7) is 2.77. The summed E-state index contributed by atoms with van der Waals surface area (Å²) < 4.78 is 69.6. The van der Waals surface area contributed by atoms with Crippen molar-refractivity contribution in [3.63, 3.8) is 0 Å². The first-order valence-electron chi connectivity index (χ1n) is 7.87. The summed E-state index contributed by atoms with van der Waals surface area (Å²) in [5.74, 6) is 0.428. The lowest BCUT2D eigenvalue weighted by Gasteiger charge is -2.41. The van der Waals surface area contributed by atoms with Crippen LogP contribution in [-0.2, 0) is 16.5 Å². The van der Waals surface area contributed by atoms with Crippen LogP contribution in [0.15, 0.2) is 41.4 Å². The summed E-state index contributed by atoms with van der Waals surface area (Å²) in [7, 11) is -4.32. The van der Waals surface area contributed by atoms with Crippen LogP contribution in [0.1, 0.15) is 22.6 Å². The predicted molar refractivity (Wildman–Crippen MR) is 89.9 cm³/mol. The number of rotatable bonds is 4. The van der Waals surface area contributed by atoms with E-state index in [0.717, 1.165) is 5.56 Å². The van der Waals surface area contributed by atoms with Gasteiger partial charge in [0.1, 0.15) is 5.82 Å². The molecular formula is C17H17F3N2O3S. The number of benzene rings is 1. The third-order valence-electron chi connectivity index (χ3n) is 4.30. The molecule has 26 heavy (non-hydrogen) atoms. The number of nitrogens with zero attached hydrogens (tertiary/aromatic N) is 2. The minimum absolute atomic E-state index is 0.0886. The molecule has 1 fully saturated rings. The van der Waals surface area contributed by atoms with Gasteiger partial charge in [0, 0.05) is 25.2 Å². The van der Waals surface area contributed by atoms with Gasteiger partial charge in [-0.2, -0.15) is 21.6 Å². The highest BCUT2D eigenvalue weighted by atomic mass is 32.2. The molecule has 0 bridgehead atoms. The van der Waals surface area contributed by atoms with Gasteiger partial charge in [-0.15, -0.1) is 0 Å². The molecule has 140 valence electrons. The molecule has 9 heteroatoms. The molecule has 2 aromatic rings. The lowest BCUT2D eigenvalue weighted by Crippen LogP contribution is -2.46. The van der Waals surface area contributed by atoms with Crippen molar-refractivity contribution >= 4 is 15.9 Å². The number of halogens is 3. The summed E-state index contributed by atoms with van der Waals surface area (Å²) in [6.07, 6.45) is -4.10. The van der Waals surface area contributed by atoms with E-state index in [9.17, 15) is 26.1 Å². The van der Waals surface area contributed by atoms with Crippen molar-refractivity contribution in [1.82, 2.24) is 4.98 Å². The summed E-state index contributed by atoms with van der Waals surface area (Å²) in [6, 6.07) is 7.64. The Hall–Kier alpha value is -2.13. The van der Waals surface area contributed by atoms with Gasteiger partial charge >= 0.3 is 6.18 Å². The van der Waals surface area contributed by atoms with E-state index in [0.29, 0.717) is 24.5 Å². The third-order valence-corrected chi connectivity index (χ3v) is 5.23. The molecule has 0 spiro atoms. The second kappa shape index (κ2) is 6.55. The normalized spacial score (nSPS) is 15.8. The highest BCUT2D eigenvalue weighted by molar-refractivity contribution is 7.85. The summed E-state index contributed by atoms with van der Waals surface area (Å²) in [5, 5.41) is 0. The van der Waals surface area contributed by atoms with E-state index in [4.69, 9.17) is 0 Å². The monoisotopic (exact) mass is 386 g/mol. The Kier molecular flexibility index (Phi) is 4.70. The maximum Gasteiger partial charge on any atom is 0.393 e. The number of hydrogen-bond donors (Lipinski definition) is 1. The van der Waals surface area contributed by atoms with Crippen LogP contribution < -0.4 is 4.90 Å². The first-order valence-corrected chi connectivity index (χ1v) is 9.31. The van der Waals surface area contributed by atoms with Crippen LogP contribution in [0.2, 0.25) is 0 Å². The van der Waals surface area contributed by atoms with Crippen LogP contribution in [-0.4, -0.2) is 37.2 Å². The van der Waals surface area contributed by atoms with E-state index in [1.807, 2.05) is 11.8 Å². The quantitative estimate of drug-likeness (QED) is 0.816. The molecule has 0 aliphatic carbocycles. The maximum absolute atomic E-state index is 12.4. The highest BCUT2D eigenvalue weighted by Crippen LogP contribution is 2.34. The van der Waals surface area contributed by atoms with E-state index in [-0.39, 0.29) is 16.4 Å². The average Bonchev–Trinajstić information content (AvgIpc) is 2.45. The SMILES string of the molecule is Cc1ccc(S(=O)(=O)O)c(C2CN(c3ccc(CC(F)(F)F)cn3)C2)c1. The lowest BCUT2D eigenvalue weighted by molar-refractivity contribution is -0.127. The van der Waals surface area contributed by atoms with E-state index < -0.39 is 22.7 Å². The Balaban J connectivity index is 1.73. The van der Waals surface area contributed by atoms with Gasteiger partial charge in [0.15, 0.2) is 0 Å². The fraction of sp³-hybridized carbons (Fsp3) is 0.353. The van der Waals surface area contributed by atoms with Crippen molar-refractivity contribution in [3.05, 3.63) is 53.2 Å². The molecule has 2 heterocycles. The zero-order valence-electron chi connectivity index (χ0n) is 13.9. The van der Waals surface area contributed by atoms with Gasteiger partial charge in [-0.25, -0.2) is 4.98 Å². The Bertz CT molecular complexity index is 906. The van der Waals surface area contributed by atoms with Gasteiger partial charge < -0.3 is 4.90 Å². The van der Waals surface area contributed by atoms with Crippen molar-refractivity contribution in [2.45, 2.75) is 30.3 Å². The van der Waals surface area contributed by atoms with Gasteiger partial charge in [-0.1, -0.05) is 23.8 Å². The summed E-state index contributed by atoms with van der Waals surface area (Å²) in [5.41, 5.74) is 1.50. The molecule has 0 saturated carbocycles. The van der Waals surface area contributed by atoms with E-state index >= 15 is 0 Å². The predicted octanol–water partition coefficient (Wildman–Crippen LogP) is 3.35. The molecule has 3 rings (SSSR count). The molecule has 0 atom stereocenters. The van der Waals surface area contributed by atoms with Crippen LogP contribution >= 0.6 is 0 Å². The summed E-state index contributed by atoms with van der Waals surface area (Å²) >= 11 is 0. The van der Waals surface area contributed by atoms with Crippen LogP contribution in [0.25, 0.3) is 0 Å². The standard InChI is InChI=1S/C17H17F3N2O3S/c1-11-2-4-15(26(23,24)25)14(6-11)13-9-22(10-13)16-5-3-12(8-21-16)7-17(18,19)20/h2-6,8,13H,7,9-10H2,1H3,(H,23,24,25). The molecule has 1 saturated heterocycles. The molecule has 0 radical (unpaired) electrons. The van der Waals surface area contributed by atoms with Crippen molar-refractivity contribution in [3.8, 4) is 0 Å². The van der Waals surface area contributed by atoms with Crippen LogP contribution in [0, 0.1) is 6.92 Å². The van der Waals surface area contributed by atoms with Crippen molar-refractivity contribution < 1.29 is 26.1 Å². The number of hydrogen-bond acceptors (Lipinski definition) is 4. The molecule has 5 nitrogen and oxygen atoms in total. The van der Waals surface area contributed by atoms with Crippen LogP contribution in [0.5, 0.6) is 0 Å². The minimum Gasteiger partial charge on any atom is -0.355 e. The largest absolute Gasteiger partial charge is 0.393 e. The van der Waals surface area contributed by atoms with Crippen LogP contribution in [0.4, 0.5) is 19.0 Å². The second-order valence-corrected chi connectivity index (χ2v) is 7.82. The van der Waals surface area contributed by atoms with Gasteiger partial charge in [0.05, 0.1) is 11.3 Å². The Morgan fingerprint density at radius 3 is 2.46 bits per heavy atom. The van der Waals surface area contributed by atoms with Gasteiger partial charge in [-0.3, -0.25) is 4.55 Å². The van der Waals surface area contributed by atoms with Crippen LogP contribution in [0.3, 0.4) is 0 Å². The molecular weight excluding hydrogens is 369 g/mol. The first-order chi connectivity index (χ1) is 12.0. The number of aryl methyl sites for hydroxylation is 1. The van der Waals surface area contributed by atoms with E-state index in [2.05, 4.69) is 4.98 Å². The molecule has 1 aromatic carbocycles. The lowest BCUT2D eigenvalue weighted by atomic mass is 9.90. The molecule has 1 aliphatic heterocycles. The molecule has 1 aromatic heterocycles. The fourth-order valence-corrected chi connectivity index (χ4v) is 3.79. The van der Waals surface area contributed by atoms with Gasteiger partial charge in [0.25, 0.3) is 10.1 Å².